The summed E-state index contributed by atoms with van der Waals surface area (Å²) in [5.74, 6) is 0.559. The first kappa shape index (κ1) is 18.0. The van der Waals surface area contributed by atoms with Gasteiger partial charge >= 0.3 is 0 Å². The first-order chi connectivity index (χ1) is 13.3. The third kappa shape index (κ3) is 4.49. The molecule has 144 valence electrons. The smallest absolute Gasteiger partial charge is 0.241 e. The number of ether oxygens (including phenoxy) is 2. The lowest BCUT2D eigenvalue weighted by Gasteiger charge is -2.26. The summed E-state index contributed by atoms with van der Waals surface area (Å²) in [6, 6.07) is 8.22. The zero-order valence-corrected chi connectivity index (χ0v) is 15.2. The summed E-state index contributed by atoms with van der Waals surface area (Å²) in [5, 5.41) is 14.7. The highest BCUT2D eigenvalue weighted by molar-refractivity contribution is 5.75. The number of nitrogens with one attached hydrogen (secondary N) is 1. The van der Waals surface area contributed by atoms with Crippen molar-refractivity contribution in [3.8, 4) is 0 Å². The molecule has 1 amide bonds. The minimum Gasteiger partial charge on any atom is -0.379 e. The molecule has 1 aromatic carbocycles. The van der Waals surface area contributed by atoms with E-state index >= 15 is 0 Å². The maximum absolute atomic E-state index is 12.4. The van der Waals surface area contributed by atoms with Gasteiger partial charge in [-0.2, -0.15) is 0 Å². The average molecular weight is 372 g/mol. The quantitative estimate of drug-likeness (QED) is 0.759. The molecule has 1 saturated heterocycles. The Hall–Kier alpha value is -2.36. The van der Waals surface area contributed by atoms with Crippen molar-refractivity contribution < 1.29 is 14.3 Å². The van der Waals surface area contributed by atoms with Crippen LogP contribution >= 0.6 is 0 Å². The van der Waals surface area contributed by atoms with E-state index in [0.717, 1.165) is 25.1 Å². The minimum absolute atomic E-state index is 0.0983. The van der Waals surface area contributed by atoms with Crippen molar-refractivity contribution in [3.63, 3.8) is 0 Å². The standard InChI is InChI=1S/C18H24N6O3/c25-18(19-11-16-15-4-2-1-3-14(15)5-8-27-16)13-24-17(20-21-22-24)12-23-6-9-26-10-7-23/h1-4,16H,5-13H2,(H,19,25)/t16-/m0/s1. The van der Waals surface area contributed by atoms with Crippen molar-refractivity contribution >= 4 is 5.91 Å². The second-order valence-corrected chi connectivity index (χ2v) is 6.75. The molecular formula is C18H24N6O3. The zero-order chi connectivity index (χ0) is 18.5. The molecule has 1 atom stereocenters. The molecule has 2 aliphatic heterocycles. The number of amides is 1. The number of hydrogen-bond donors (Lipinski definition) is 1. The average Bonchev–Trinajstić information content (AvgIpc) is 3.13. The van der Waals surface area contributed by atoms with Crippen LogP contribution in [-0.4, -0.2) is 70.5 Å². The van der Waals surface area contributed by atoms with Gasteiger partial charge in [-0.1, -0.05) is 24.3 Å². The molecule has 0 radical (unpaired) electrons. The topological polar surface area (TPSA) is 94.4 Å². The van der Waals surface area contributed by atoms with Crippen molar-refractivity contribution in [3.05, 3.63) is 41.2 Å². The summed E-state index contributed by atoms with van der Waals surface area (Å²) >= 11 is 0. The van der Waals surface area contributed by atoms with Gasteiger partial charge in [-0.3, -0.25) is 9.69 Å². The van der Waals surface area contributed by atoms with Gasteiger partial charge in [0.2, 0.25) is 5.91 Å². The van der Waals surface area contributed by atoms with Crippen LogP contribution in [0.5, 0.6) is 0 Å². The van der Waals surface area contributed by atoms with Gasteiger partial charge in [0.05, 0.1) is 26.4 Å². The number of hydrogen-bond acceptors (Lipinski definition) is 7. The maximum atomic E-state index is 12.4. The van der Waals surface area contributed by atoms with Crippen molar-refractivity contribution in [2.75, 3.05) is 39.5 Å². The number of nitrogens with zero attached hydrogens (tertiary/aromatic N) is 5. The van der Waals surface area contributed by atoms with Gasteiger partial charge in [0, 0.05) is 19.6 Å². The first-order valence-corrected chi connectivity index (χ1v) is 9.31. The summed E-state index contributed by atoms with van der Waals surface area (Å²) in [5.41, 5.74) is 2.44. The van der Waals surface area contributed by atoms with E-state index in [2.05, 4.69) is 37.9 Å². The lowest BCUT2D eigenvalue weighted by Crippen LogP contribution is -2.37. The molecule has 0 bridgehead atoms. The van der Waals surface area contributed by atoms with Crippen LogP contribution in [0.1, 0.15) is 23.1 Å². The first-order valence-electron chi connectivity index (χ1n) is 9.31. The van der Waals surface area contributed by atoms with Crippen LogP contribution in [0, 0.1) is 0 Å². The Labute approximate surface area is 157 Å². The van der Waals surface area contributed by atoms with Gasteiger partial charge in [-0.05, 0) is 28.0 Å². The van der Waals surface area contributed by atoms with Gasteiger partial charge in [-0.25, -0.2) is 4.68 Å². The molecule has 4 rings (SSSR count). The Morgan fingerprint density at radius 3 is 2.96 bits per heavy atom. The maximum Gasteiger partial charge on any atom is 0.241 e. The number of carbonyl (C=O) groups excluding carboxylic acids is 1. The van der Waals surface area contributed by atoms with E-state index in [9.17, 15) is 4.79 Å². The van der Waals surface area contributed by atoms with Crippen molar-refractivity contribution in [2.24, 2.45) is 0 Å². The van der Waals surface area contributed by atoms with Gasteiger partial charge in [0.1, 0.15) is 12.6 Å². The number of morpholine rings is 1. The molecule has 9 nitrogen and oxygen atoms in total. The molecule has 0 spiro atoms. The SMILES string of the molecule is O=C(Cn1nnnc1CN1CCOCC1)NC[C@@H]1OCCc2ccccc21. The van der Waals surface area contributed by atoms with Crippen molar-refractivity contribution in [2.45, 2.75) is 25.6 Å². The summed E-state index contributed by atoms with van der Waals surface area (Å²) < 4.78 is 12.7. The van der Waals surface area contributed by atoms with Crippen LogP contribution in [0.4, 0.5) is 0 Å². The molecular weight excluding hydrogens is 348 g/mol. The molecule has 0 aliphatic carbocycles. The number of benzene rings is 1. The predicted molar refractivity (Wildman–Crippen MR) is 95.8 cm³/mol. The van der Waals surface area contributed by atoms with E-state index < -0.39 is 0 Å². The normalized spacial score (nSPS) is 20.2. The largest absolute Gasteiger partial charge is 0.379 e. The summed E-state index contributed by atoms with van der Waals surface area (Å²) in [7, 11) is 0. The third-order valence-electron chi connectivity index (χ3n) is 4.95. The Bertz CT molecular complexity index is 774. The van der Waals surface area contributed by atoms with Gasteiger partial charge in [0.15, 0.2) is 5.82 Å². The van der Waals surface area contributed by atoms with E-state index in [1.807, 2.05) is 12.1 Å². The molecule has 3 heterocycles. The Kier molecular flexibility index (Phi) is 5.71. The number of tetrazole rings is 1. The fourth-order valence-electron chi connectivity index (χ4n) is 3.46. The molecule has 9 heteroatoms. The Morgan fingerprint density at radius 2 is 2.07 bits per heavy atom. The highest BCUT2D eigenvalue weighted by atomic mass is 16.5. The van der Waals surface area contributed by atoms with Crippen LogP contribution in [0.2, 0.25) is 0 Å². The molecule has 2 aromatic rings. The highest BCUT2D eigenvalue weighted by Gasteiger charge is 2.21. The molecule has 1 aromatic heterocycles. The molecule has 1 N–H and O–H groups in total. The Morgan fingerprint density at radius 1 is 1.22 bits per heavy atom. The molecule has 1 fully saturated rings. The monoisotopic (exact) mass is 372 g/mol. The van der Waals surface area contributed by atoms with Crippen LogP contribution in [-0.2, 0) is 33.8 Å². The van der Waals surface area contributed by atoms with E-state index in [1.165, 1.54) is 5.56 Å². The van der Waals surface area contributed by atoms with E-state index in [-0.39, 0.29) is 18.6 Å². The lowest BCUT2D eigenvalue weighted by atomic mass is 9.97. The Balaban J connectivity index is 1.31. The molecule has 27 heavy (non-hydrogen) atoms. The molecule has 0 saturated carbocycles. The van der Waals surface area contributed by atoms with Crippen molar-refractivity contribution in [1.82, 2.24) is 30.4 Å². The number of carbonyl (C=O) groups is 1. The number of rotatable bonds is 6. The van der Waals surface area contributed by atoms with Crippen LogP contribution in [0.15, 0.2) is 24.3 Å². The second kappa shape index (κ2) is 8.55. The van der Waals surface area contributed by atoms with Crippen molar-refractivity contribution in [1.29, 1.82) is 0 Å². The number of aromatic nitrogens is 4. The second-order valence-electron chi connectivity index (χ2n) is 6.75. The predicted octanol–water partition coefficient (Wildman–Crippen LogP) is -0.0645. The summed E-state index contributed by atoms with van der Waals surface area (Å²) in [6.07, 6.45) is 0.802. The number of fused-ring (bicyclic) bond motifs is 1. The van der Waals surface area contributed by atoms with E-state index in [1.54, 1.807) is 4.68 Å². The van der Waals surface area contributed by atoms with Crippen LogP contribution in [0.25, 0.3) is 0 Å². The highest BCUT2D eigenvalue weighted by Crippen LogP contribution is 2.26. The molecule has 0 unspecified atom stereocenters. The minimum atomic E-state index is -0.128. The summed E-state index contributed by atoms with van der Waals surface area (Å²) in [4.78, 5) is 14.6. The van der Waals surface area contributed by atoms with Crippen LogP contribution < -0.4 is 5.32 Å². The van der Waals surface area contributed by atoms with Crippen LogP contribution in [0.3, 0.4) is 0 Å². The lowest BCUT2D eigenvalue weighted by molar-refractivity contribution is -0.122. The third-order valence-corrected chi connectivity index (χ3v) is 4.95. The fourth-order valence-corrected chi connectivity index (χ4v) is 3.46. The summed E-state index contributed by atoms with van der Waals surface area (Å²) in [6.45, 7) is 4.94. The van der Waals surface area contributed by atoms with Gasteiger partial charge in [0.25, 0.3) is 0 Å². The van der Waals surface area contributed by atoms with Gasteiger partial charge < -0.3 is 14.8 Å². The van der Waals surface area contributed by atoms with Gasteiger partial charge in [-0.15, -0.1) is 5.10 Å². The zero-order valence-electron chi connectivity index (χ0n) is 15.2. The molecule has 2 aliphatic rings. The fraction of sp³-hybridized carbons (Fsp3) is 0.556. The van der Waals surface area contributed by atoms with E-state index in [4.69, 9.17) is 9.47 Å². The van der Waals surface area contributed by atoms with E-state index in [0.29, 0.717) is 38.7 Å².